The third-order valence-electron chi connectivity index (χ3n) is 5.44. The van der Waals surface area contributed by atoms with E-state index in [1.54, 1.807) is 11.0 Å². The van der Waals surface area contributed by atoms with Crippen LogP contribution in [0.1, 0.15) is 41.4 Å². The van der Waals surface area contributed by atoms with Crippen molar-refractivity contribution in [2.45, 2.75) is 37.7 Å². The lowest BCUT2D eigenvalue weighted by Crippen LogP contribution is -2.56. The number of pyridine rings is 1. The molecule has 1 saturated heterocycles. The molecule has 4 rings (SSSR count). The number of nitrogens with two attached hydrogens (primary N) is 1. The first kappa shape index (κ1) is 21.6. The summed E-state index contributed by atoms with van der Waals surface area (Å²) in [7, 11) is 0. The summed E-state index contributed by atoms with van der Waals surface area (Å²) in [5.74, 6) is -0.715. The highest BCUT2D eigenvalue weighted by molar-refractivity contribution is 5.98. The average Bonchev–Trinajstić information content (AvgIpc) is 3.14. The molecule has 11 heteroatoms. The minimum Gasteiger partial charge on any atom is -0.387 e. The number of rotatable bonds is 7. The number of nitriles is 1. The first-order valence-corrected chi connectivity index (χ1v) is 9.92. The van der Waals surface area contributed by atoms with Crippen molar-refractivity contribution >= 4 is 17.2 Å². The number of aliphatic hydroxyl groups is 1. The van der Waals surface area contributed by atoms with E-state index in [1.807, 2.05) is 6.07 Å². The van der Waals surface area contributed by atoms with Crippen molar-refractivity contribution in [3.05, 3.63) is 53.7 Å². The lowest BCUT2D eigenvalue weighted by atomic mass is 9.89. The molecule has 10 nitrogen and oxygen atoms in total. The van der Waals surface area contributed by atoms with Crippen molar-refractivity contribution in [1.29, 1.82) is 5.26 Å². The summed E-state index contributed by atoms with van der Waals surface area (Å²) in [6.07, 6.45) is 5.29. The maximum Gasteiger partial charge on any atom is 0.252 e. The largest absolute Gasteiger partial charge is 0.387 e. The molecule has 0 radical (unpaired) electrons. The molecule has 3 aromatic heterocycles. The Labute approximate surface area is 183 Å². The van der Waals surface area contributed by atoms with Crippen LogP contribution in [0.15, 0.2) is 37.1 Å². The van der Waals surface area contributed by atoms with Gasteiger partial charge in [-0.2, -0.15) is 10.4 Å². The van der Waals surface area contributed by atoms with E-state index >= 15 is 4.39 Å². The second-order valence-electron chi connectivity index (χ2n) is 8.18. The van der Waals surface area contributed by atoms with E-state index in [-0.39, 0.29) is 17.2 Å². The van der Waals surface area contributed by atoms with Crippen molar-refractivity contribution in [2.24, 2.45) is 5.73 Å². The molecule has 1 fully saturated rings. The highest BCUT2D eigenvalue weighted by Crippen LogP contribution is 2.40. The fourth-order valence-corrected chi connectivity index (χ4v) is 3.75. The summed E-state index contributed by atoms with van der Waals surface area (Å²) in [6, 6.07) is 2.17. The van der Waals surface area contributed by atoms with Crippen molar-refractivity contribution in [3.63, 3.8) is 0 Å². The quantitative estimate of drug-likeness (QED) is 0.558. The van der Waals surface area contributed by atoms with Crippen LogP contribution >= 0.6 is 0 Å². The fourth-order valence-electron chi connectivity index (χ4n) is 3.75. The number of fused-ring (bicyclic) bond motifs is 1. The van der Waals surface area contributed by atoms with Crippen molar-refractivity contribution in [3.8, 4) is 6.07 Å². The molecule has 0 aliphatic carbocycles. The number of nitrogens with zero attached hydrogens (tertiary/aromatic N) is 6. The van der Waals surface area contributed by atoms with Gasteiger partial charge in [-0.25, -0.2) is 13.9 Å². The number of carbonyl (C=O) groups is 1. The summed E-state index contributed by atoms with van der Waals surface area (Å²) in [6.45, 7) is 3.32. The van der Waals surface area contributed by atoms with Gasteiger partial charge in [0.2, 0.25) is 0 Å². The molecule has 0 aromatic carbocycles. The van der Waals surface area contributed by atoms with Crippen molar-refractivity contribution < 1.29 is 19.0 Å². The van der Waals surface area contributed by atoms with E-state index in [1.165, 1.54) is 49.3 Å². The van der Waals surface area contributed by atoms with Gasteiger partial charge >= 0.3 is 0 Å². The molecule has 0 saturated carbocycles. The Hall–Kier alpha value is -3.62. The van der Waals surface area contributed by atoms with Gasteiger partial charge in [0, 0.05) is 24.2 Å². The topological polar surface area (TPSA) is 143 Å². The van der Waals surface area contributed by atoms with Gasteiger partial charge < -0.3 is 20.5 Å². The number of primary amides is 1. The van der Waals surface area contributed by atoms with Crippen molar-refractivity contribution in [1.82, 2.24) is 19.6 Å². The van der Waals surface area contributed by atoms with E-state index in [2.05, 4.69) is 15.1 Å². The number of ether oxygens (including phenoxy) is 1. The molecule has 32 heavy (non-hydrogen) atoms. The molecular weight excluding hydrogens is 417 g/mol. The third kappa shape index (κ3) is 3.74. The molecule has 0 bridgehead atoms. The molecule has 166 valence electrons. The van der Waals surface area contributed by atoms with Gasteiger partial charge in [-0.3, -0.25) is 9.78 Å². The van der Waals surface area contributed by atoms with E-state index in [0.717, 1.165) is 0 Å². The monoisotopic (exact) mass is 439 g/mol. The Morgan fingerprint density at radius 3 is 2.78 bits per heavy atom. The normalized spacial score (nSPS) is 16.2. The predicted molar refractivity (Wildman–Crippen MR) is 111 cm³/mol. The Bertz CT molecular complexity index is 1200. The number of hydrogen-bond donors (Lipinski definition) is 2. The van der Waals surface area contributed by atoms with Crippen LogP contribution in [0.3, 0.4) is 0 Å². The lowest BCUT2D eigenvalue weighted by molar-refractivity contribution is -0.0335. The summed E-state index contributed by atoms with van der Waals surface area (Å²) >= 11 is 0. The molecule has 3 N–H and O–H groups in total. The van der Waals surface area contributed by atoms with Crippen LogP contribution in [0.4, 0.5) is 10.1 Å². The van der Waals surface area contributed by atoms with Gasteiger partial charge in [-0.05, 0) is 19.9 Å². The first-order valence-electron chi connectivity index (χ1n) is 9.92. The summed E-state index contributed by atoms with van der Waals surface area (Å²) in [5, 5.41) is 24.0. The minimum atomic E-state index is -1.82. The van der Waals surface area contributed by atoms with E-state index in [0.29, 0.717) is 30.1 Å². The van der Waals surface area contributed by atoms with Gasteiger partial charge in [0.05, 0.1) is 60.1 Å². The highest BCUT2D eigenvalue weighted by atomic mass is 19.1. The molecule has 1 aliphatic heterocycles. The zero-order chi connectivity index (χ0) is 23.0. The van der Waals surface area contributed by atoms with Crippen LogP contribution in [0, 0.1) is 11.3 Å². The lowest BCUT2D eigenvalue weighted by Gasteiger charge is -2.46. The Morgan fingerprint density at radius 1 is 1.44 bits per heavy atom. The highest BCUT2D eigenvalue weighted by Gasteiger charge is 2.45. The molecular formula is C21H22FN7O3. The van der Waals surface area contributed by atoms with Gasteiger partial charge in [0.1, 0.15) is 6.07 Å². The van der Waals surface area contributed by atoms with Gasteiger partial charge in [0.15, 0.2) is 11.8 Å². The SMILES string of the molecule is CC(C)(O)[C@H](F)[C@@H](c1cnn2cc(C#N)cnc12)N(c1ccncc1C(N)=O)C1COC1. The van der Waals surface area contributed by atoms with E-state index in [4.69, 9.17) is 15.7 Å². The van der Waals surface area contributed by atoms with Gasteiger partial charge in [-0.15, -0.1) is 0 Å². The Balaban J connectivity index is 1.95. The second-order valence-corrected chi connectivity index (χ2v) is 8.18. The molecule has 1 amide bonds. The smallest absolute Gasteiger partial charge is 0.252 e. The predicted octanol–water partition coefficient (Wildman–Crippen LogP) is 1.15. The van der Waals surface area contributed by atoms with E-state index in [9.17, 15) is 9.90 Å². The third-order valence-corrected chi connectivity index (χ3v) is 5.44. The number of halogens is 1. The van der Waals surface area contributed by atoms with Crippen LogP contribution in [0.25, 0.3) is 5.65 Å². The number of carbonyl (C=O) groups excluding carboxylic acids is 1. The summed E-state index contributed by atoms with van der Waals surface area (Å²) in [5.41, 5.74) is 5.30. The fraction of sp³-hybridized carbons (Fsp3) is 0.381. The van der Waals surface area contributed by atoms with Crippen LogP contribution in [0.5, 0.6) is 0 Å². The van der Waals surface area contributed by atoms with Crippen molar-refractivity contribution in [2.75, 3.05) is 18.1 Å². The number of anilines is 1. The van der Waals surface area contributed by atoms with Gasteiger partial charge in [0.25, 0.3) is 5.91 Å². The zero-order valence-electron chi connectivity index (χ0n) is 17.5. The minimum absolute atomic E-state index is 0.114. The number of aromatic nitrogens is 4. The summed E-state index contributed by atoms with van der Waals surface area (Å²) in [4.78, 5) is 22.1. The molecule has 3 aromatic rings. The molecule has 1 aliphatic rings. The van der Waals surface area contributed by atoms with Crippen LogP contribution in [0.2, 0.25) is 0 Å². The first-order chi connectivity index (χ1) is 15.2. The average molecular weight is 439 g/mol. The molecule has 0 spiro atoms. The molecule has 2 atom stereocenters. The van der Waals surface area contributed by atoms with Crippen LogP contribution in [-0.4, -0.2) is 61.6 Å². The van der Waals surface area contributed by atoms with E-state index < -0.39 is 23.7 Å². The maximum atomic E-state index is 16.0. The standard InChI is InChI=1S/C21H22FN7O3/c1-21(2,31)18(22)17(15-8-27-28-9-12(5-23)6-26-20(15)28)29(13-10-32-11-13)16-3-4-25-7-14(16)19(24)30/h3-4,6-9,13,17-18,31H,10-11H2,1-2H3,(H2,24,30)/t17-,18-/m1/s1. The van der Waals surface area contributed by atoms with Crippen LogP contribution in [-0.2, 0) is 4.74 Å². The Kier molecular flexibility index (Phi) is 5.50. The van der Waals surface area contributed by atoms with Gasteiger partial charge in [-0.1, -0.05) is 0 Å². The molecule has 0 unspecified atom stereocenters. The second kappa shape index (κ2) is 8.14. The zero-order valence-corrected chi connectivity index (χ0v) is 17.5. The number of amides is 1. The van der Waals surface area contributed by atoms with Crippen LogP contribution < -0.4 is 10.6 Å². The summed E-state index contributed by atoms with van der Waals surface area (Å²) < 4.78 is 22.8. The Morgan fingerprint density at radius 2 is 2.19 bits per heavy atom. The maximum absolute atomic E-state index is 16.0. The number of alkyl halides is 1. The number of hydrogen-bond acceptors (Lipinski definition) is 8. The molecule has 4 heterocycles.